The summed E-state index contributed by atoms with van der Waals surface area (Å²) in [5.41, 5.74) is 11.2. The minimum Gasteiger partial charge on any atom is -0.404 e. The van der Waals surface area contributed by atoms with Gasteiger partial charge in [0.05, 0.1) is 0 Å². The Hall–Kier alpha value is -3.28. The molecule has 1 heterocycles. The molecule has 0 unspecified atom stereocenters. The first-order valence-corrected chi connectivity index (χ1v) is 9.23. The molecule has 4 N–H and O–H groups in total. The van der Waals surface area contributed by atoms with Crippen LogP contribution in [0.3, 0.4) is 0 Å². The van der Waals surface area contributed by atoms with Crippen molar-refractivity contribution in [1.82, 2.24) is 10.2 Å². The molecule has 1 aliphatic rings. The first kappa shape index (κ1) is 21.0. The Bertz CT molecular complexity index is 835. The first-order chi connectivity index (χ1) is 13.5. The fraction of sp³-hybridized carbons (Fsp3) is 0.273. The molecule has 0 bridgehead atoms. The Kier molecular flexibility index (Phi) is 7.63. The van der Waals surface area contributed by atoms with Crippen LogP contribution in [0.25, 0.3) is 5.57 Å². The third-order valence-electron chi connectivity index (χ3n) is 4.55. The molecule has 1 aromatic carbocycles. The number of aliphatic imine (C=N–C) groups is 1. The second-order valence-electron chi connectivity index (χ2n) is 6.51. The topological polar surface area (TPSA) is 82.8 Å². The zero-order chi connectivity index (χ0) is 20.5. The van der Waals surface area contributed by atoms with E-state index in [-0.39, 0.29) is 5.91 Å². The van der Waals surface area contributed by atoms with Crippen molar-refractivity contribution >= 4 is 23.4 Å². The molecule has 28 heavy (non-hydrogen) atoms. The van der Waals surface area contributed by atoms with Gasteiger partial charge in [0, 0.05) is 80.7 Å². The lowest BCUT2D eigenvalue weighted by Crippen LogP contribution is -2.39. The van der Waals surface area contributed by atoms with Crippen molar-refractivity contribution in [2.24, 2.45) is 10.7 Å². The van der Waals surface area contributed by atoms with E-state index >= 15 is 0 Å². The Balaban J connectivity index is 2.26. The second-order valence-corrected chi connectivity index (χ2v) is 6.51. The average Bonchev–Trinajstić information content (AvgIpc) is 2.70. The third-order valence-corrected chi connectivity index (χ3v) is 4.55. The SMILES string of the molecule is C=CCNC1=C(C(=C)Nc2cccc(C(C=NC)=CN)c2)CN(C(C)=O)CC1. The zero-order valence-electron chi connectivity index (χ0n) is 16.7. The standard InChI is InChI=1S/C22H29N5O/c1-5-10-25-22-9-11-27(17(3)28)15-21(22)16(2)26-20-8-6-7-18(12-20)19(13-23)14-24-4/h5-8,12-14,25-26H,1-2,9-11,15,23H2,3-4H3. The number of hydrogen-bond donors (Lipinski definition) is 3. The molecule has 2 rings (SSSR count). The number of nitrogens with one attached hydrogen (secondary N) is 2. The Morgan fingerprint density at radius 2 is 2.21 bits per heavy atom. The van der Waals surface area contributed by atoms with Crippen molar-refractivity contribution in [3.05, 3.63) is 72.2 Å². The molecule has 0 aromatic heterocycles. The summed E-state index contributed by atoms with van der Waals surface area (Å²) in [6, 6.07) is 7.89. The third kappa shape index (κ3) is 5.36. The molecular formula is C22H29N5O. The lowest BCUT2D eigenvalue weighted by molar-refractivity contribution is -0.128. The van der Waals surface area contributed by atoms with E-state index in [1.54, 1.807) is 20.2 Å². The molecule has 0 fully saturated rings. The van der Waals surface area contributed by atoms with Gasteiger partial charge in [-0.1, -0.05) is 24.8 Å². The number of carbonyl (C=O) groups is 1. The lowest BCUT2D eigenvalue weighted by Gasteiger charge is -2.31. The van der Waals surface area contributed by atoms with Gasteiger partial charge >= 0.3 is 0 Å². The summed E-state index contributed by atoms with van der Waals surface area (Å²) in [4.78, 5) is 17.7. The van der Waals surface area contributed by atoms with E-state index in [2.05, 4.69) is 28.8 Å². The zero-order valence-corrected chi connectivity index (χ0v) is 16.7. The number of allylic oxidation sites excluding steroid dienone is 1. The average molecular weight is 380 g/mol. The Morgan fingerprint density at radius 1 is 1.43 bits per heavy atom. The largest absolute Gasteiger partial charge is 0.404 e. The molecule has 6 nitrogen and oxygen atoms in total. The predicted molar refractivity (Wildman–Crippen MR) is 118 cm³/mol. The maximum absolute atomic E-state index is 11.8. The van der Waals surface area contributed by atoms with Crippen LogP contribution < -0.4 is 16.4 Å². The number of amides is 1. The normalized spacial score (nSPS) is 14.9. The highest BCUT2D eigenvalue weighted by atomic mass is 16.2. The summed E-state index contributed by atoms with van der Waals surface area (Å²) in [6.07, 6.45) is 5.83. The molecule has 0 aliphatic carbocycles. The number of rotatable bonds is 8. The summed E-state index contributed by atoms with van der Waals surface area (Å²) in [5, 5.41) is 6.75. The minimum absolute atomic E-state index is 0.0617. The highest BCUT2D eigenvalue weighted by molar-refractivity contribution is 6.09. The van der Waals surface area contributed by atoms with E-state index in [9.17, 15) is 4.79 Å². The summed E-state index contributed by atoms with van der Waals surface area (Å²) in [6.45, 7) is 11.5. The van der Waals surface area contributed by atoms with Gasteiger partial charge in [-0.05, 0) is 17.7 Å². The molecule has 0 spiro atoms. The van der Waals surface area contributed by atoms with Crippen LogP contribution in [0.5, 0.6) is 0 Å². The first-order valence-electron chi connectivity index (χ1n) is 9.23. The van der Waals surface area contributed by atoms with Crippen LogP contribution in [0.15, 0.2) is 71.7 Å². The van der Waals surface area contributed by atoms with Gasteiger partial charge in [-0.2, -0.15) is 0 Å². The van der Waals surface area contributed by atoms with Crippen molar-refractivity contribution in [3.63, 3.8) is 0 Å². The van der Waals surface area contributed by atoms with Crippen molar-refractivity contribution in [1.29, 1.82) is 0 Å². The van der Waals surface area contributed by atoms with Gasteiger partial charge in [-0.15, -0.1) is 6.58 Å². The number of benzene rings is 1. The summed E-state index contributed by atoms with van der Waals surface area (Å²) in [7, 11) is 1.71. The van der Waals surface area contributed by atoms with E-state index < -0.39 is 0 Å². The maximum Gasteiger partial charge on any atom is 0.219 e. The summed E-state index contributed by atoms with van der Waals surface area (Å²) in [5.74, 6) is 0.0617. The summed E-state index contributed by atoms with van der Waals surface area (Å²) >= 11 is 0. The Morgan fingerprint density at radius 3 is 2.86 bits per heavy atom. The van der Waals surface area contributed by atoms with Gasteiger partial charge in [0.1, 0.15) is 0 Å². The van der Waals surface area contributed by atoms with E-state index in [4.69, 9.17) is 5.73 Å². The predicted octanol–water partition coefficient (Wildman–Crippen LogP) is 2.89. The summed E-state index contributed by atoms with van der Waals surface area (Å²) < 4.78 is 0. The molecule has 0 radical (unpaired) electrons. The van der Waals surface area contributed by atoms with Crippen LogP contribution in [-0.4, -0.2) is 43.7 Å². The quantitative estimate of drug-likeness (QED) is 0.479. The lowest BCUT2D eigenvalue weighted by atomic mass is 10.0. The second kappa shape index (κ2) is 10.2. The van der Waals surface area contributed by atoms with E-state index in [0.29, 0.717) is 19.6 Å². The van der Waals surface area contributed by atoms with Gasteiger partial charge in [0.2, 0.25) is 5.91 Å². The van der Waals surface area contributed by atoms with Crippen molar-refractivity contribution in [3.8, 4) is 0 Å². The van der Waals surface area contributed by atoms with Gasteiger partial charge in [0.25, 0.3) is 0 Å². The van der Waals surface area contributed by atoms with Crippen molar-refractivity contribution in [2.75, 3.05) is 32.0 Å². The number of nitrogens with zero attached hydrogens (tertiary/aromatic N) is 2. The van der Waals surface area contributed by atoms with Crippen LogP contribution >= 0.6 is 0 Å². The highest BCUT2D eigenvalue weighted by Crippen LogP contribution is 2.25. The van der Waals surface area contributed by atoms with Crippen LogP contribution in [-0.2, 0) is 4.79 Å². The number of carbonyl (C=O) groups excluding carboxylic acids is 1. The monoisotopic (exact) mass is 379 g/mol. The molecule has 148 valence electrons. The van der Waals surface area contributed by atoms with Crippen LogP contribution in [0.1, 0.15) is 18.9 Å². The van der Waals surface area contributed by atoms with Crippen LogP contribution in [0, 0.1) is 0 Å². The molecule has 0 saturated carbocycles. The highest BCUT2D eigenvalue weighted by Gasteiger charge is 2.22. The molecular weight excluding hydrogens is 350 g/mol. The van der Waals surface area contributed by atoms with Crippen molar-refractivity contribution < 1.29 is 4.79 Å². The smallest absolute Gasteiger partial charge is 0.219 e. The van der Waals surface area contributed by atoms with Gasteiger partial charge in [-0.3, -0.25) is 9.79 Å². The van der Waals surface area contributed by atoms with E-state index in [1.807, 2.05) is 35.2 Å². The van der Waals surface area contributed by atoms with Crippen LogP contribution in [0.2, 0.25) is 0 Å². The maximum atomic E-state index is 11.8. The van der Waals surface area contributed by atoms with E-state index in [0.717, 1.165) is 40.2 Å². The number of nitrogens with two attached hydrogens (primary N) is 1. The van der Waals surface area contributed by atoms with Crippen LogP contribution in [0.4, 0.5) is 5.69 Å². The fourth-order valence-electron chi connectivity index (χ4n) is 3.08. The van der Waals surface area contributed by atoms with Crippen molar-refractivity contribution in [2.45, 2.75) is 13.3 Å². The number of hydrogen-bond acceptors (Lipinski definition) is 5. The Labute approximate surface area is 167 Å². The van der Waals surface area contributed by atoms with Gasteiger partial charge < -0.3 is 21.3 Å². The molecule has 1 aliphatic heterocycles. The molecule has 0 atom stereocenters. The molecule has 1 aromatic rings. The van der Waals surface area contributed by atoms with Gasteiger partial charge in [-0.25, -0.2) is 0 Å². The fourth-order valence-corrected chi connectivity index (χ4v) is 3.08. The number of anilines is 1. The molecule has 6 heteroatoms. The minimum atomic E-state index is 0.0617. The van der Waals surface area contributed by atoms with E-state index in [1.165, 1.54) is 6.20 Å². The molecule has 0 saturated heterocycles. The van der Waals surface area contributed by atoms with Gasteiger partial charge in [0.15, 0.2) is 0 Å². The molecule has 1 amide bonds.